The van der Waals surface area contributed by atoms with E-state index in [-0.39, 0.29) is 5.60 Å². The minimum Gasteiger partial charge on any atom is -0.374 e. The highest BCUT2D eigenvalue weighted by atomic mass is 16.5. The lowest BCUT2D eigenvalue weighted by Gasteiger charge is -2.70. The van der Waals surface area contributed by atoms with Crippen molar-refractivity contribution in [2.45, 2.75) is 91.6 Å². The van der Waals surface area contributed by atoms with Gasteiger partial charge in [-0.2, -0.15) is 0 Å². The third-order valence-electron chi connectivity index (χ3n) is 8.33. The van der Waals surface area contributed by atoms with Crippen LogP contribution < -0.4 is 0 Å². The fraction of sp³-hybridized carbons (Fsp3) is 1.00. The minimum absolute atomic E-state index is 0.216. The van der Waals surface area contributed by atoms with E-state index in [9.17, 15) is 0 Å². The molecule has 0 bridgehead atoms. The Morgan fingerprint density at radius 2 is 1.95 bits per heavy atom. The molecule has 1 aliphatic heterocycles. The van der Waals surface area contributed by atoms with Gasteiger partial charge in [-0.1, -0.05) is 47.0 Å². The number of hydrogen-bond acceptors (Lipinski definition) is 1. The molecule has 0 aromatic rings. The largest absolute Gasteiger partial charge is 0.374 e. The van der Waals surface area contributed by atoms with E-state index in [1.165, 1.54) is 51.4 Å². The van der Waals surface area contributed by atoms with Crippen molar-refractivity contribution >= 4 is 0 Å². The fourth-order valence-electron chi connectivity index (χ4n) is 6.02. The van der Waals surface area contributed by atoms with Crippen molar-refractivity contribution in [1.82, 2.24) is 0 Å². The highest BCUT2D eigenvalue weighted by Gasteiger charge is 2.68. The summed E-state index contributed by atoms with van der Waals surface area (Å²) < 4.78 is 6.16. The highest BCUT2D eigenvalue weighted by molar-refractivity contribution is 5.16. The van der Waals surface area contributed by atoms with Gasteiger partial charge in [0.05, 0.1) is 12.2 Å². The van der Waals surface area contributed by atoms with Crippen molar-refractivity contribution in [3.63, 3.8) is 0 Å². The molecule has 0 aromatic heterocycles. The molecule has 0 unspecified atom stereocenters. The van der Waals surface area contributed by atoms with E-state index >= 15 is 0 Å². The third-order valence-corrected chi connectivity index (χ3v) is 8.33. The molecule has 1 nitrogen and oxygen atoms in total. The Hall–Kier alpha value is -0.0400. The normalized spacial score (nSPS) is 50.7. The van der Waals surface area contributed by atoms with Gasteiger partial charge in [0.15, 0.2) is 0 Å². The van der Waals surface area contributed by atoms with E-state index in [0.717, 1.165) is 24.4 Å². The predicted octanol–water partition coefficient (Wildman–Crippen LogP) is 5.82. The first-order valence-electron chi connectivity index (χ1n) is 9.52. The van der Waals surface area contributed by atoms with Crippen molar-refractivity contribution in [1.29, 1.82) is 0 Å². The van der Waals surface area contributed by atoms with Crippen LogP contribution in [0.25, 0.3) is 0 Å². The van der Waals surface area contributed by atoms with E-state index in [1.807, 2.05) is 0 Å². The van der Waals surface area contributed by atoms with Crippen LogP contribution in [0.3, 0.4) is 0 Å². The van der Waals surface area contributed by atoms with Crippen LogP contribution in [0.4, 0.5) is 0 Å². The van der Waals surface area contributed by atoms with Crippen LogP contribution in [0.5, 0.6) is 0 Å². The molecule has 1 heterocycles. The second-order valence-electron chi connectivity index (χ2n) is 9.12. The molecular weight excluding hydrogens is 256 g/mol. The van der Waals surface area contributed by atoms with E-state index in [1.54, 1.807) is 0 Å². The van der Waals surface area contributed by atoms with Gasteiger partial charge >= 0.3 is 0 Å². The van der Waals surface area contributed by atoms with Crippen molar-refractivity contribution in [2.24, 2.45) is 28.6 Å². The lowest BCUT2D eigenvalue weighted by Crippen LogP contribution is -2.71. The second-order valence-corrected chi connectivity index (χ2v) is 9.12. The Balaban J connectivity index is 1.84. The first kappa shape index (κ1) is 15.8. The lowest BCUT2D eigenvalue weighted by atomic mass is 9.41. The maximum atomic E-state index is 6.16. The number of rotatable bonds is 4. The number of ether oxygens (including phenoxy) is 1. The van der Waals surface area contributed by atoms with Crippen molar-refractivity contribution in [3.8, 4) is 0 Å². The quantitative estimate of drug-likeness (QED) is 0.634. The Bertz CT molecular complexity index is 391. The van der Waals surface area contributed by atoms with E-state index in [2.05, 4.69) is 34.6 Å². The highest BCUT2D eigenvalue weighted by Crippen LogP contribution is 2.69. The van der Waals surface area contributed by atoms with E-state index in [4.69, 9.17) is 4.74 Å². The van der Waals surface area contributed by atoms with Crippen molar-refractivity contribution in [2.75, 3.05) is 6.61 Å². The van der Waals surface area contributed by atoms with Crippen LogP contribution in [0.15, 0.2) is 0 Å². The second kappa shape index (κ2) is 5.25. The Labute approximate surface area is 132 Å². The molecule has 0 aromatic carbocycles. The molecule has 6 atom stereocenters. The van der Waals surface area contributed by atoms with Gasteiger partial charge in [0, 0.05) is 5.41 Å². The van der Waals surface area contributed by atoms with Gasteiger partial charge in [-0.15, -0.1) is 0 Å². The summed E-state index contributed by atoms with van der Waals surface area (Å²) in [5.41, 5.74) is 1.29. The van der Waals surface area contributed by atoms with Crippen LogP contribution in [-0.4, -0.2) is 12.2 Å². The molecule has 1 heteroatoms. The average molecular weight is 293 g/mol. The first-order valence-corrected chi connectivity index (χ1v) is 9.52. The van der Waals surface area contributed by atoms with Gasteiger partial charge in [-0.3, -0.25) is 0 Å². The summed E-state index contributed by atoms with van der Waals surface area (Å²) in [6, 6.07) is 0. The van der Waals surface area contributed by atoms with Gasteiger partial charge in [0.1, 0.15) is 0 Å². The van der Waals surface area contributed by atoms with Gasteiger partial charge in [-0.05, 0) is 62.2 Å². The topological polar surface area (TPSA) is 9.23 Å². The van der Waals surface area contributed by atoms with Crippen molar-refractivity contribution < 1.29 is 4.74 Å². The molecule has 0 amide bonds. The molecule has 3 aliphatic rings. The van der Waals surface area contributed by atoms with Gasteiger partial charge in [-0.25, -0.2) is 0 Å². The molecule has 1 saturated heterocycles. The van der Waals surface area contributed by atoms with E-state index < -0.39 is 0 Å². The summed E-state index contributed by atoms with van der Waals surface area (Å²) in [4.78, 5) is 0. The fourth-order valence-corrected chi connectivity index (χ4v) is 6.02. The molecule has 21 heavy (non-hydrogen) atoms. The van der Waals surface area contributed by atoms with Crippen LogP contribution in [0, 0.1) is 28.6 Å². The summed E-state index contributed by atoms with van der Waals surface area (Å²) in [6.07, 6.45) is 11.2. The number of hydrogen-bond donors (Lipinski definition) is 0. The van der Waals surface area contributed by atoms with Crippen LogP contribution in [0.1, 0.15) is 86.0 Å². The van der Waals surface area contributed by atoms with E-state index in [0.29, 0.717) is 10.8 Å². The smallest absolute Gasteiger partial charge is 0.0735 e. The van der Waals surface area contributed by atoms with Crippen LogP contribution in [0.2, 0.25) is 0 Å². The van der Waals surface area contributed by atoms with Gasteiger partial charge in [0.2, 0.25) is 0 Å². The molecular formula is C20H36O. The molecule has 3 rings (SSSR count). The molecule has 122 valence electrons. The Morgan fingerprint density at radius 3 is 2.57 bits per heavy atom. The predicted molar refractivity (Wildman–Crippen MR) is 89.3 cm³/mol. The summed E-state index contributed by atoms with van der Waals surface area (Å²) in [7, 11) is 0. The monoisotopic (exact) mass is 292 g/mol. The summed E-state index contributed by atoms with van der Waals surface area (Å²) in [5.74, 6) is 2.69. The standard InChI is InChI=1S/C20H36O/c1-6-15(2)9-12-18(4)16(3)10-13-20-14-21-19(20,5)11-7-8-17(18)20/h15-17H,6-14H2,1-5H3/t15-,16-,17+,18+,19-,20+/m1/s1. The maximum Gasteiger partial charge on any atom is 0.0735 e. The summed E-state index contributed by atoms with van der Waals surface area (Å²) in [6.45, 7) is 13.4. The molecule has 1 spiro atoms. The first-order chi connectivity index (χ1) is 9.88. The maximum absolute atomic E-state index is 6.16. The van der Waals surface area contributed by atoms with Crippen LogP contribution >= 0.6 is 0 Å². The average Bonchev–Trinajstić information content (AvgIpc) is 2.47. The third kappa shape index (κ3) is 2.13. The Kier molecular flexibility index (Phi) is 3.96. The molecule has 2 saturated carbocycles. The zero-order valence-electron chi connectivity index (χ0n) is 15.0. The SMILES string of the molecule is CC[C@@H](C)CC[C@@]1(C)[C@H](C)CC[C@@]23CO[C@]2(C)CCC[C@@H]13. The molecule has 0 radical (unpaired) electrons. The van der Waals surface area contributed by atoms with Gasteiger partial charge < -0.3 is 4.74 Å². The zero-order chi connectivity index (χ0) is 15.3. The molecule has 0 N–H and O–H groups in total. The van der Waals surface area contributed by atoms with Crippen LogP contribution in [-0.2, 0) is 4.74 Å². The zero-order valence-corrected chi connectivity index (χ0v) is 15.0. The summed E-state index contributed by atoms with van der Waals surface area (Å²) >= 11 is 0. The minimum atomic E-state index is 0.216. The molecule has 3 fully saturated rings. The van der Waals surface area contributed by atoms with Crippen molar-refractivity contribution in [3.05, 3.63) is 0 Å². The van der Waals surface area contributed by atoms with Gasteiger partial charge in [0.25, 0.3) is 0 Å². The summed E-state index contributed by atoms with van der Waals surface area (Å²) in [5, 5.41) is 0. The molecule has 2 aliphatic carbocycles. The lowest BCUT2D eigenvalue weighted by molar-refractivity contribution is -0.332. The Morgan fingerprint density at radius 1 is 1.19 bits per heavy atom.